The monoisotopic (exact) mass is 222 g/mol. The van der Waals surface area contributed by atoms with Crippen LogP contribution in [0.25, 0.3) is 0 Å². The smallest absolute Gasteiger partial charge is 0.303 e. The first-order valence-corrected chi connectivity index (χ1v) is 5.91. The summed E-state index contributed by atoms with van der Waals surface area (Å²) >= 11 is 0. The second-order valence-electron chi connectivity index (χ2n) is 4.68. The van der Waals surface area contributed by atoms with Crippen LogP contribution in [-0.2, 0) is 24.2 Å². The van der Waals surface area contributed by atoms with Crippen LogP contribution in [0, 0.1) is 5.92 Å². The average molecular weight is 222 g/mol. The van der Waals surface area contributed by atoms with Crippen molar-refractivity contribution in [3.05, 3.63) is 17.7 Å². The average Bonchev–Trinajstić information content (AvgIpc) is 2.60. The molecule has 0 saturated heterocycles. The van der Waals surface area contributed by atoms with Gasteiger partial charge in [0, 0.05) is 18.7 Å². The zero-order chi connectivity index (χ0) is 11.5. The maximum Gasteiger partial charge on any atom is 0.303 e. The predicted octanol–water partition coefficient (Wildman–Crippen LogP) is 1.87. The van der Waals surface area contributed by atoms with Gasteiger partial charge in [0.15, 0.2) is 0 Å². The van der Waals surface area contributed by atoms with Crippen LogP contribution in [0.3, 0.4) is 0 Å². The fourth-order valence-corrected chi connectivity index (χ4v) is 2.32. The van der Waals surface area contributed by atoms with Crippen LogP contribution in [0.15, 0.2) is 6.33 Å². The van der Waals surface area contributed by atoms with Gasteiger partial charge in [-0.15, -0.1) is 0 Å². The molecule has 16 heavy (non-hydrogen) atoms. The van der Waals surface area contributed by atoms with E-state index in [1.165, 1.54) is 12.1 Å². The third kappa shape index (κ3) is 2.43. The molecule has 1 atom stereocenters. The molecule has 0 radical (unpaired) electrons. The molecule has 1 unspecified atom stereocenters. The molecule has 2 heterocycles. The highest BCUT2D eigenvalue weighted by atomic mass is 16.4. The number of carboxylic acid groups (broad SMARTS) is 1. The Balaban J connectivity index is 1.98. The first-order chi connectivity index (χ1) is 7.66. The van der Waals surface area contributed by atoms with Crippen molar-refractivity contribution < 1.29 is 9.90 Å². The quantitative estimate of drug-likeness (QED) is 0.846. The van der Waals surface area contributed by atoms with Gasteiger partial charge in [0.2, 0.25) is 0 Å². The van der Waals surface area contributed by atoms with Gasteiger partial charge in [-0.3, -0.25) is 4.79 Å². The highest BCUT2D eigenvalue weighted by Gasteiger charge is 2.18. The van der Waals surface area contributed by atoms with E-state index in [2.05, 4.69) is 16.5 Å². The molecule has 1 aliphatic rings. The molecule has 0 bridgehead atoms. The number of rotatable bonds is 4. The van der Waals surface area contributed by atoms with Crippen molar-refractivity contribution in [2.24, 2.45) is 5.92 Å². The number of carbonyl (C=O) groups is 1. The van der Waals surface area contributed by atoms with Gasteiger partial charge in [0.25, 0.3) is 0 Å². The number of aromatic nitrogens is 2. The van der Waals surface area contributed by atoms with Crippen molar-refractivity contribution in [2.45, 2.75) is 45.6 Å². The lowest BCUT2D eigenvalue weighted by atomic mass is 9.98. The first kappa shape index (κ1) is 11.2. The lowest BCUT2D eigenvalue weighted by Crippen LogP contribution is -2.17. The van der Waals surface area contributed by atoms with Gasteiger partial charge in [0.1, 0.15) is 0 Å². The Morgan fingerprint density at radius 2 is 2.50 bits per heavy atom. The molecule has 1 aromatic rings. The van der Waals surface area contributed by atoms with E-state index in [0.29, 0.717) is 6.42 Å². The second-order valence-corrected chi connectivity index (χ2v) is 4.68. The van der Waals surface area contributed by atoms with E-state index in [-0.39, 0.29) is 6.42 Å². The lowest BCUT2D eigenvalue weighted by molar-refractivity contribution is -0.137. The standard InChI is InChI=1S/C12H18N2O2/c1-9-5-6-11-10(3-2-4-12(15)16)13-8-14(11)7-9/h8-9H,2-7H2,1H3,(H,15,16). The summed E-state index contributed by atoms with van der Waals surface area (Å²) in [5.41, 5.74) is 2.43. The Hall–Kier alpha value is -1.32. The molecule has 1 aromatic heterocycles. The van der Waals surface area contributed by atoms with Crippen molar-refractivity contribution in [1.29, 1.82) is 0 Å². The fraction of sp³-hybridized carbons (Fsp3) is 0.667. The van der Waals surface area contributed by atoms with Crippen LogP contribution in [0.2, 0.25) is 0 Å². The molecule has 88 valence electrons. The maximum atomic E-state index is 10.4. The van der Waals surface area contributed by atoms with Crippen molar-refractivity contribution in [2.75, 3.05) is 0 Å². The Labute approximate surface area is 95.3 Å². The van der Waals surface area contributed by atoms with Gasteiger partial charge in [0.05, 0.1) is 12.0 Å². The molecule has 1 N–H and O–H groups in total. The van der Waals surface area contributed by atoms with Gasteiger partial charge in [-0.2, -0.15) is 0 Å². The minimum absolute atomic E-state index is 0.239. The van der Waals surface area contributed by atoms with Crippen molar-refractivity contribution in [1.82, 2.24) is 9.55 Å². The summed E-state index contributed by atoms with van der Waals surface area (Å²) in [7, 11) is 0. The first-order valence-electron chi connectivity index (χ1n) is 5.91. The highest BCUT2D eigenvalue weighted by molar-refractivity contribution is 5.66. The van der Waals surface area contributed by atoms with Gasteiger partial charge < -0.3 is 9.67 Å². The van der Waals surface area contributed by atoms with Gasteiger partial charge in [-0.25, -0.2) is 4.98 Å². The number of hydrogen-bond donors (Lipinski definition) is 1. The van der Waals surface area contributed by atoms with Crippen molar-refractivity contribution in [3.63, 3.8) is 0 Å². The van der Waals surface area contributed by atoms with Crippen LogP contribution in [0.1, 0.15) is 37.6 Å². The summed E-state index contributed by atoms with van der Waals surface area (Å²) in [5, 5.41) is 8.59. The van der Waals surface area contributed by atoms with E-state index in [4.69, 9.17) is 5.11 Å². The van der Waals surface area contributed by atoms with E-state index >= 15 is 0 Å². The SMILES string of the molecule is CC1CCc2c(CCCC(=O)O)ncn2C1. The summed E-state index contributed by atoms with van der Waals surface area (Å²) < 4.78 is 2.23. The molecule has 0 saturated carbocycles. The van der Waals surface area contributed by atoms with E-state index in [9.17, 15) is 4.79 Å². The third-order valence-corrected chi connectivity index (χ3v) is 3.22. The van der Waals surface area contributed by atoms with Crippen LogP contribution >= 0.6 is 0 Å². The summed E-state index contributed by atoms with van der Waals surface area (Å²) in [6, 6.07) is 0. The van der Waals surface area contributed by atoms with Gasteiger partial charge >= 0.3 is 5.97 Å². The Bertz CT molecular complexity index is 384. The lowest BCUT2D eigenvalue weighted by Gasteiger charge is -2.21. The number of hydrogen-bond acceptors (Lipinski definition) is 2. The molecule has 0 aromatic carbocycles. The minimum atomic E-state index is -0.721. The zero-order valence-corrected chi connectivity index (χ0v) is 9.65. The van der Waals surface area contributed by atoms with Gasteiger partial charge in [-0.1, -0.05) is 6.92 Å². The number of fused-ring (bicyclic) bond motifs is 1. The highest BCUT2D eigenvalue weighted by Crippen LogP contribution is 2.22. The topological polar surface area (TPSA) is 55.1 Å². The molecular formula is C12H18N2O2. The summed E-state index contributed by atoms with van der Waals surface area (Å²) in [6.07, 6.45) is 5.93. The number of aryl methyl sites for hydroxylation is 1. The molecule has 0 fully saturated rings. The van der Waals surface area contributed by atoms with Crippen LogP contribution in [-0.4, -0.2) is 20.6 Å². The number of imidazole rings is 1. The normalized spacial score (nSPS) is 19.4. The Morgan fingerprint density at radius 1 is 1.69 bits per heavy atom. The summed E-state index contributed by atoms with van der Waals surface area (Å²) in [4.78, 5) is 14.8. The molecule has 0 aliphatic carbocycles. The largest absolute Gasteiger partial charge is 0.481 e. The minimum Gasteiger partial charge on any atom is -0.481 e. The maximum absolute atomic E-state index is 10.4. The Morgan fingerprint density at radius 3 is 3.25 bits per heavy atom. The van der Waals surface area contributed by atoms with E-state index in [1.807, 2.05) is 6.33 Å². The van der Waals surface area contributed by atoms with E-state index in [1.54, 1.807) is 0 Å². The third-order valence-electron chi connectivity index (χ3n) is 3.22. The molecule has 0 amide bonds. The van der Waals surface area contributed by atoms with Gasteiger partial charge in [-0.05, 0) is 31.6 Å². The van der Waals surface area contributed by atoms with Crippen molar-refractivity contribution >= 4 is 5.97 Å². The summed E-state index contributed by atoms with van der Waals surface area (Å²) in [5.74, 6) is 0.00951. The van der Waals surface area contributed by atoms with Crippen LogP contribution in [0.4, 0.5) is 0 Å². The number of nitrogens with zero attached hydrogens (tertiary/aromatic N) is 2. The predicted molar refractivity (Wildman–Crippen MR) is 60.3 cm³/mol. The zero-order valence-electron chi connectivity index (χ0n) is 9.65. The van der Waals surface area contributed by atoms with Crippen LogP contribution < -0.4 is 0 Å². The van der Waals surface area contributed by atoms with Crippen molar-refractivity contribution in [3.8, 4) is 0 Å². The Kier molecular flexibility index (Phi) is 3.27. The molecule has 1 aliphatic heterocycles. The van der Waals surface area contributed by atoms with Crippen LogP contribution in [0.5, 0.6) is 0 Å². The number of aliphatic carboxylic acids is 1. The summed E-state index contributed by atoms with van der Waals surface area (Å²) in [6.45, 7) is 3.31. The second kappa shape index (κ2) is 4.68. The molecular weight excluding hydrogens is 204 g/mol. The fourth-order valence-electron chi connectivity index (χ4n) is 2.32. The molecule has 4 heteroatoms. The number of carboxylic acids is 1. The molecule has 0 spiro atoms. The molecule has 4 nitrogen and oxygen atoms in total. The van der Waals surface area contributed by atoms with E-state index < -0.39 is 5.97 Å². The van der Waals surface area contributed by atoms with E-state index in [0.717, 1.165) is 31.0 Å². The molecule has 2 rings (SSSR count).